The van der Waals surface area contributed by atoms with Gasteiger partial charge in [0.1, 0.15) is 12.4 Å². The maximum Gasteiger partial charge on any atom is 0.293 e. The summed E-state index contributed by atoms with van der Waals surface area (Å²) in [6.45, 7) is 0.613. The summed E-state index contributed by atoms with van der Waals surface area (Å²) in [5.74, 6) is 0.344. The Balaban J connectivity index is 1.50. The van der Waals surface area contributed by atoms with Crippen molar-refractivity contribution in [2.75, 3.05) is 0 Å². The smallest absolute Gasteiger partial charge is 0.293 e. The zero-order chi connectivity index (χ0) is 22.7. The van der Waals surface area contributed by atoms with E-state index in [0.717, 1.165) is 37.4 Å². The first-order chi connectivity index (χ1) is 15.4. The Hall–Kier alpha value is -2.06. The number of benzene rings is 3. The fraction of sp³-hybridized carbons (Fsp3) is 0.0833. The van der Waals surface area contributed by atoms with Gasteiger partial charge in [-0.25, -0.2) is 0 Å². The Morgan fingerprint density at radius 1 is 0.938 bits per heavy atom. The molecule has 0 aromatic heterocycles. The number of ether oxygens (including phenoxy) is 1. The van der Waals surface area contributed by atoms with Crippen molar-refractivity contribution in [1.82, 2.24) is 4.90 Å². The number of carbonyl (C=O) groups is 2. The standard InChI is InChI=1S/C24H16Br2ClNO3S/c25-19-10-17(11-20(26)22(19)31-14-15-5-2-1-3-6-15)12-21-23(29)28(24(30)32-21)13-16-7-4-8-18(27)9-16/h1-12H,13-14H2/b21-12-. The zero-order valence-corrected chi connectivity index (χ0v) is 21.3. The van der Waals surface area contributed by atoms with E-state index in [0.29, 0.717) is 22.3 Å². The lowest BCUT2D eigenvalue weighted by molar-refractivity contribution is -0.123. The van der Waals surface area contributed by atoms with Crippen molar-refractivity contribution in [3.05, 3.63) is 102 Å². The number of hydrogen-bond donors (Lipinski definition) is 0. The lowest BCUT2D eigenvalue weighted by atomic mass is 10.2. The average Bonchev–Trinajstić information content (AvgIpc) is 3.01. The van der Waals surface area contributed by atoms with E-state index >= 15 is 0 Å². The largest absolute Gasteiger partial charge is 0.487 e. The second kappa shape index (κ2) is 10.3. The van der Waals surface area contributed by atoms with E-state index in [1.54, 1.807) is 24.3 Å². The minimum absolute atomic E-state index is 0.183. The highest BCUT2D eigenvalue weighted by Crippen LogP contribution is 2.38. The van der Waals surface area contributed by atoms with Crippen LogP contribution in [-0.4, -0.2) is 16.0 Å². The number of amides is 2. The molecule has 1 fully saturated rings. The van der Waals surface area contributed by atoms with Crippen molar-refractivity contribution in [1.29, 1.82) is 0 Å². The molecule has 1 heterocycles. The summed E-state index contributed by atoms with van der Waals surface area (Å²) in [7, 11) is 0. The summed E-state index contributed by atoms with van der Waals surface area (Å²) in [6, 6.07) is 20.7. The SMILES string of the molecule is O=C1S/C(=C\c2cc(Br)c(OCc3ccccc3)c(Br)c2)C(=O)N1Cc1cccc(Cl)c1. The summed E-state index contributed by atoms with van der Waals surface area (Å²) in [5, 5.41) is 0.261. The second-order valence-electron chi connectivity index (χ2n) is 6.99. The number of imide groups is 1. The summed E-state index contributed by atoms with van der Waals surface area (Å²) in [5.41, 5.74) is 2.62. The van der Waals surface area contributed by atoms with E-state index in [2.05, 4.69) is 31.9 Å². The highest BCUT2D eigenvalue weighted by Gasteiger charge is 2.35. The first-order valence-corrected chi connectivity index (χ1v) is 12.3. The lowest BCUT2D eigenvalue weighted by Gasteiger charge is -2.13. The normalized spacial score (nSPS) is 15.0. The van der Waals surface area contributed by atoms with E-state index < -0.39 is 0 Å². The Bertz CT molecular complexity index is 1190. The zero-order valence-electron chi connectivity index (χ0n) is 16.6. The molecular weight excluding hydrogens is 578 g/mol. The van der Waals surface area contributed by atoms with Crippen molar-refractivity contribution in [3.8, 4) is 5.75 Å². The van der Waals surface area contributed by atoms with Gasteiger partial charge in [0, 0.05) is 5.02 Å². The molecule has 4 nitrogen and oxygen atoms in total. The number of carbonyl (C=O) groups excluding carboxylic acids is 2. The van der Waals surface area contributed by atoms with Crippen LogP contribution in [-0.2, 0) is 17.9 Å². The molecule has 1 saturated heterocycles. The molecule has 3 aromatic rings. The van der Waals surface area contributed by atoms with Gasteiger partial charge in [0.2, 0.25) is 0 Å². The van der Waals surface area contributed by atoms with Gasteiger partial charge >= 0.3 is 0 Å². The van der Waals surface area contributed by atoms with E-state index in [4.69, 9.17) is 16.3 Å². The maximum atomic E-state index is 12.8. The van der Waals surface area contributed by atoms with E-state index in [9.17, 15) is 9.59 Å². The molecule has 0 spiro atoms. The van der Waals surface area contributed by atoms with E-state index in [-0.39, 0.29) is 17.7 Å². The Morgan fingerprint density at radius 3 is 2.31 bits per heavy atom. The summed E-state index contributed by atoms with van der Waals surface area (Å²) in [4.78, 5) is 26.9. The topological polar surface area (TPSA) is 46.6 Å². The second-order valence-corrected chi connectivity index (χ2v) is 10.1. The minimum Gasteiger partial charge on any atom is -0.487 e. The van der Waals surface area contributed by atoms with Gasteiger partial charge in [0.15, 0.2) is 0 Å². The molecular formula is C24H16Br2ClNO3S. The van der Waals surface area contributed by atoms with Crippen LogP contribution < -0.4 is 4.74 Å². The minimum atomic E-state index is -0.323. The fourth-order valence-corrected chi connectivity index (χ4v) is 5.64. The summed E-state index contributed by atoms with van der Waals surface area (Å²) in [6.07, 6.45) is 1.71. The molecule has 32 heavy (non-hydrogen) atoms. The maximum absolute atomic E-state index is 12.8. The van der Waals surface area contributed by atoms with Gasteiger partial charge in [0.25, 0.3) is 11.1 Å². The molecule has 1 aliphatic rings. The van der Waals surface area contributed by atoms with Crippen molar-refractivity contribution >= 4 is 72.4 Å². The molecule has 2 amide bonds. The summed E-state index contributed by atoms with van der Waals surface area (Å²) >= 11 is 14.0. The number of halogens is 3. The van der Waals surface area contributed by atoms with Gasteiger partial charge < -0.3 is 4.74 Å². The third-order valence-electron chi connectivity index (χ3n) is 4.65. The molecule has 0 atom stereocenters. The quantitative estimate of drug-likeness (QED) is 0.275. The van der Waals surface area contributed by atoms with Crippen LogP contribution in [0, 0.1) is 0 Å². The first-order valence-electron chi connectivity index (χ1n) is 9.56. The third kappa shape index (κ3) is 5.46. The van der Waals surface area contributed by atoms with E-state index in [1.165, 1.54) is 4.90 Å². The molecule has 0 radical (unpaired) electrons. The molecule has 1 aliphatic heterocycles. The molecule has 0 N–H and O–H groups in total. The van der Waals surface area contributed by atoms with Crippen LogP contribution in [0.2, 0.25) is 5.02 Å². The number of nitrogens with zero attached hydrogens (tertiary/aromatic N) is 1. The van der Waals surface area contributed by atoms with Crippen molar-refractivity contribution in [2.24, 2.45) is 0 Å². The van der Waals surface area contributed by atoms with Crippen molar-refractivity contribution in [3.63, 3.8) is 0 Å². The molecule has 0 bridgehead atoms. The first kappa shape index (κ1) is 23.1. The molecule has 8 heteroatoms. The predicted octanol–water partition coefficient (Wildman–Crippen LogP) is 7.68. The third-order valence-corrected chi connectivity index (χ3v) is 6.97. The van der Waals surface area contributed by atoms with Crippen LogP contribution in [0.1, 0.15) is 16.7 Å². The lowest BCUT2D eigenvalue weighted by Crippen LogP contribution is -2.27. The van der Waals surface area contributed by atoms with Gasteiger partial charge in [-0.1, -0.05) is 54.1 Å². The van der Waals surface area contributed by atoms with Gasteiger partial charge in [0.05, 0.1) is 20.4 Å². The molecule has 0 saturated carbocycles. The highest BCUT2D eigenvalue weighted by molar-refractivity contribution is 9.11. The summed E-state index contributed by atoms with van der Waals surface area (Å²) < 4.78 is 7.44. The van der Waals surface area contributed by atoms with Crippen LogP contribution in [0.15, 0.2) is 80.6 Å². The number of hydrogen-bond acceptors (Lipinski definition) is 4. The Labute approximate surface area is 211 Å². The molecule has 3 aromatic carbocycles. The van der Waals surface area contributed by atoms with Gasteiger partial charge in [-0.2, -0.15) is 0 Å². The van der Waals surface area contributed by atoms with Gasteiger partial charge in [-0.15, -0.1) is 0 Å². The number of thioether (sulfide) groups is 1. The fourth-order valence-electron chi connectivity index (χ4n) is 3.14. The van der Waals surface area contributed by atoms with Gasteiger partial charge in [-0.05, 0) is 90.7 Å². The highest BCUT2D eigenvalue weighted by atomic mass is 79.9. The van der Waals surface area contributed by atoms with E-state index in [1.807, 2.05) is 48.5 Å². The van der Waals surface area contributed by atoms with Crippen LogP contribution in [0.5, 0.6) is 5.75 Å². The molecule has 162 valence electrons. The monoisotopic (exact) mass is 591 g/mol. The van der Waals surface area contributed by atoms with Gasteiger partial charge in [-0.3, -0.25) is 14.5 Å². The predicted molar refractivity (Wildman–Crippen MR) is 136 cm³/mol. The Kier molecular flexibility index (Phi) is 7.40. The van der Waals surface area contributed by atoms with Crippen molar-refractivity contribution in [2.45, 2.75) is 13.2 Å². The molecule has 0 aliphatic carbocycles. The average molecular weight is 594 g/mol. The van der Waals surface area contributed by atoms with Crippen LogP contribution in [0.25, 0.3) is 6.08 Å². The number of rotatable bonds is 6. The van der Waals surface area contributed by atoms with Crippen molar-refractivity contribution < 1.29 is 14.3 Å². The molecule has 0 unspecified atom stereocenters. The van der Waals surface area contributed by atoms with Crippen LogP contribution in [0.4, 0.5) is 4.79 Å². The Morgan fingerprint density at radius 2 is 1.62 bits per heavy atom. The molecule has 4 rings (SSSR count). The van der Waals surface area contributed by atoms with Crippen LogP contribution in [0.3, 0.4) is 0 Å². The van der Waals surface area contributed by atoms with Crippen LogP contribution >= 0.6 is 55.2 Å².